The summed E-state index contributed by atoms with van der Waals surface area (Å²) >= 11 is 0. The first-order valence-electron chi connectivity index (χ1n) is 9.43. The Hall–Kier alpha value is -1.88. The van der Waals surface area contributed by atoms with Gasteiger partial charge in [-0.3, -0.25) is 14.5 Å². The van der Waals surface area contributed by atoms with Gasteiger partial charge in [0.1, 0.15) is 0 Å². The first-order valence-corrected chi connectivity index (χ1v) is 9.43. The van der Waals surface area contributed by atoms with Gasteiger partial charge in [0, 0.05) is 32.1 Å². The Morgan fingerprint density at radius 1 is 1.16 bits per heavy atom. The number of rotatable bonds is 6. The van der Waals surface area contributed by atoms with Crippen LogP contribution in [-0.4, -0.2) is 41.5 Å². The zero-order valence-electron chi connectivity index (χ0n) is 14.7. The summed E-state index contributed by atoms with van der Waals surface area (Å²) in [4.78, 5) is 25.8. The maximum atomic E-state index is 12.3. The van der Waals surface area contributed by atoms with Crippen molar-refractivity contribution in [1.82, 2.24) is 10.2 Å². The van der Waals surface area contributed by atoms with Gasteiger partial charge in [-0.15, -0.1) is 0 Å². The third-order valence-corrected chi connectivity index (χ3v) is 5.55. The topological polar surface area (TPSA) is 69.6 Å². The summed E-state index contributed by atoms with van der Waals surface area (Å²) < 4.78 is 0. The van der Waals surface area contributed by atoms with E-state index < -0.39 is 5.97 Å². The predicted octanol–water partition coefficient (Wildman–Crippen LogP) is 2.44. The van der Waals surface area contributed by atoms with Crippen LogP contribution >= 0.6 is 0 Å². The lowest BCUT2D eigenvalue weighted by atomic mass is 9.81. The highest BCUT2D eigenvalue weighted by molar-refractivity contribution is 5.80. The Morgan fingerprint density at radius 2 is 1.92 bits per heavy atom. The molecule has 3 rings (SSSR count). The lowest BCUT2D eigenvalue weighted by Gasteiger charge is -2.29. The molecule has 1 heterocycles. The molecule has 1 amide bonds. The average Bonchev–Trinajstić information content (AvgIpc) is 2.65. The van der Waals surface area contributed by atoms with E-state index >= 15 is 0 Å². The number of carbonyl (C=O) groups is 2. The smallest absolute Gasteiger partial charge is 0.306 e. The van der Waals surface area contributed by atoms with Crippen LogP contribution in [0.4, 0.5) is 0 Å². The van der Waals surface area contributed by atoms with Gasteiger partial charge in [-0.1, -0.05) is 30.7 Å². The van der Waals surface area contributed by atoms with Crippen molar-refractivity contribution in [2.24, 2.45) is 11.8 Å². The molecule has 0 bridgehead atoms. The number of hydrogen-bond donors (Lipinski definition) is 2. The highest BCUT2D eigenvalue weighted by Gasteiger charge is 2.30. The Kier molecular flexibility index (Phi) is 6.08. The minimum atomic E-state index is -0.761. The van der Waals surface area contributed by atoms with E-state index in [0.29, 0.717) is 19.4 Å². The van der Waals surface area contributed by atoms with Crippen molar-refractivity contribution in [3.05, 3.63) is 35.4 Å². The van der Waals surface area contributed by atoms with E-state index in [0.717, 1.165) is 45.3 Å². The highest BCUT2D eigenvalue weighted by Crippen LogP contribution is 2.29. The Morgan fingerprint density at radius 3 is 2.72 bits per heavy atom. The monoisotopic (exact) mass is 344 g/mol. The zero-order chi connectivity index (χ0) is 17.6. The number of benzene rings is 1. The van der Waals surface area contributed by atoms with Crippen LogP contribution < -0.4 is 5.32 Å². The molecule has 1 aliphatic heterocycles. The fourth-order valence-electron chi connectivity index (χ4n) is 4.06. The van der Waals surface area contributed by atoms with Crippen LogP contribution in [0.15, 0.2) is 24.3 Å². The molecule has 2 aliphatic rings. The minimum absolute atomic E-state index is 0.0370. The molecule has 5 heteroatoms. The van der Waals surface area contributed by atoms with Crippen LogP contribution in [0, 0.1) is 11.8 Å². The molecule has 1 aromatic rings. The summed E-state index contributed by atoms with van der Waals surface area (Å²) in [6, 6.07) is 8.61. The lowest BCUT2D eigenvalue weighted by molar-refractivity contribution is -0.144. The quantitative estimate of drug-likeness (QED) is 0.778. The molecular weight excluding hydrogens is 316 g/mol. The first-order chi connectivity index (χ1) is 12.1. The Bertz CT molecular complexity index is 617. The van der Waals surface area contributed by atoms with E-state index in [-0.39, 0.29) is 17.7 Å². The van der Waals surface area contributed by atoms with Gasteiger partial charge in [0.05, 0.1) is 5.92 Å². The fourth-order valence-corrected chi connectivity index (χ4v) is 4.06. The van der Waals surface area contributed by atoms with Crippen LogP contribution in [0.5, 0.6) is 0 Å². The van der Waals surface area contributed by atoms with Crippen molar-refractivity contribution in [2.45, 2.75) is 45.1 Å². The number of aliphatic carboxylic acids is 1. The molecule has 0 spiro atoms. The summed E-state index contributed by atoms with van der Waals surface area (Å²) in [7, 11) is 0. The predicted molar refractivity (Wildman–Crippen MR) is 96.1 cm³/mol. The van der Waals surface area contributed by atoms with Crippen molar-refractivity contribution in [2.75, 3.05) is 19.6 Å². The molecule has 0 radical (unpaired) electrons. The molecule has 1 aliphatic carbocycles. The second-order valence-corrected chi connectivity index (χ2v) is 7.34. The fraction of sp³-hybridized carbons (Fsp3) is 0.600. The van der Waals surface area contributed by atoms with Gasteiger partial charge in [-0.05, 0) is 43.2 Å². The largest absolute Gasteiger partial charge is 0.481 e. The van der Waals surface area contributed by atoms with E-state index in [2.05, 4.69) is 34.5 Å². The average molecular weight is 344 g/mol. The summed E-state index contributed by atoms with van der Waals surface area (Å²) in [5, 5.41) is 12.1. The lowest BCUT2D eigenvalue weighted by Crippen LogP contribution is -2.37. The molecule has 1 saturated carbocycles. The molecule has 5 nitrogen and oxygen atoms in total. The van der Waals surface area contributed by atoms with E-state index in [1.807, 2.05) is 0 Å². The van der Waals surface area contributed by atoms with E-state index in [1.165, 1.54) is 11.1 Å². The van der Waals surface area contributed by atoms with Crippen LogP contribution in [-0.2, 0) is 22.6 Å². The summed E-state index contributed by atoms with van der Waals surface area (Å²) in [5.41, 5.74) is 2.87. The molecule has 136 valence electrons. The number of nitrogens with zero attached hydrogens (tertiary/aromatic N) is 1. The molecule has 0 saturated heterocycles. The van der Waals surface area contributed by atoms with Gasteiger partial charge in [-0.25, -0.2) is 0 Å². The number of carbonyl (C=O) groups excluding carboxylic acids is 1. The SMILES string of the molecule is O=C(O)C1CCCC(C(=O)NCCCN2CCc3ccccc3C2)C1. The van der Waals surface area contributed by atoms with Crippen molar-refractivity contribution in [3.63, 3.8) is 0 Å². The van der Waals surface area contributed by atoms with Crippen molar-refractivity contribution < 1.29 is 14.7 Å². The highest BCUT2D eigenvalue weighted by atomic mass is 16.4. The van der Waals surface area contributed by atoms with Gasteiger partial charge >= 0.3 is 5.97 Å². The molecule has 2 N–H and O–H groups in total. The molecular formula is C20H28N2O3. The standard InChI is InChI=1S/C20H28N2O3/c23-19(16-7-3-8-17(13-16)20(24)25)21-10-4-11-22-12-9-15-5-1-2-6-18(15)14-22/h1-2,5-6,16-17H,3-4,7-14H2,(H,21,23)(H,24,25). The normalized spacial score (nSPS) is 23.7. The van der Waals surface area contributed by atoms with Gasteiger partial charge in [-0.2, -0.15) is 0 Å². The summed E-state index contributed by atoms with van der Waals surface area (Å²) in [6.45, 7) is 3.73. The van der Waals surface area contributed by atoms with Gasteiger partial charge in [0.15, 0.2) is 0 Å². The number of nitrogens with one attached hydrogen (secondary N) is 1. The number of carboxylic acid groups (broad SMARTS) is 1. The van der Waals surface area contributed by atoms with Crippen molar-refractivity contribution in [1.29, 1.82) is 0 Å². The van der Waals surface area contributed by atoms with Crippen molar-refractivity contribution >= 4 is 11.9 Å². The molecule has 1 aromatic carbocycles. The van der Waals surface area contributed by atoms with Gasteiger partial charge in [0.25, 0.3) is 0 Å². The van der Waals surface area contributed by atoms with Crippen LogP contribution in [0.1, 0.15) is 43.2 Å². The van der Waals surface area contributed by atoms with E-state index in [9.17, 15) is 9.59 Å². The minimum Gasteiger partial charge on any atom is -0.481 e. The first kappa shape index (κ1) is 17.9. The van der Waals surface area contributed by atoms with Gasteiger partial charge in [0.2, 0.25) is 5.91 Å². The van der Waals surface area contributed by atoms with E-state index in [4.69, 9.17) is 5.11 Å². The third-order valence-electron chi connectivity index (χ3n) is 5.55. The number of carboxylic acids is 1. The maximum absolute atomic E-state index is 12.3. The molecule has 25 heavy (non-hydrogen) atoms. The number of hydrogen-bond acceptors (Lipinski definition) is 3. The number of amides is 1. The molecule has 2 atom stereocenters. The van der Waals surface area contributed by atoms with Crippen LogP contribution in [0.25, 0.3) is 0 Å². The zero-order valence-corrected chi connectivity index (χ0v) is 14.7. The maximum Gasteiger partial charge on any atom is 0.306 e. The molecule has 0 aromatic heterocycles. The summed E-state index contributed by atoms with van der Waals surface area (Å²) in [5.74, 6) is -1.20. The number of fused-ring (bicyclic) bond motifs is 1. The Balaban J connectivity index is 1.36. The van der Waals surface area contributed by atoms with Crippen molar-refractivity contribution in [3.8, 4) is 0 Å². The molecule has 2 unspecified atom stereocenters. The van der Waals surface area contributed by atoms with Gasteiger partial charge < -0.3 is 10.4 Å². The second-order valence-electron chi connectivity index (χ2n) is 7.34. The molecule has 1 fully saturated rings. The Labute approximate surface area is 149 Å². The van der Waals surface area contributed by atoms with Crippen LogP contribution in [0.3, 0.4) is 0 Å². The third kappa shape index (κ3) is 4.82. The van der Waals surface area contributed by atoms with E-state index in [1.54, 1.807) is 0 Å². The van der Waals surface area contributed by atoms with Crippen LogP contribution in [0.2, 0.25) is 0 Å². The summed E-state index contributed by atoms with van der Waals surface area (Å²) in [6.07, 6.45) is 4.88. The second kappa shape index (κ2) is 8.48.